The molecule has 1 aromatic carbocycles. The molecule has 0 radical (unpaired) electrons. The summed E-state index contributed by atoms with van der Waals surface area (Å²) in [6, 6.07) is 2.66. The Morgan fingerprint density at radius 2 is 1.84 bits per heavy atom. The first-order valence-corrected chi connectivity index (χ1v) is 16.7. The Hall–Kier alpha value is -4.99. The van der Waals surface area contributed by atoms with Crippen LogP contribution in [0.15, 0.2) is 35.4 Å². The van der Waals surface area contributed by atoms with Gasteiger partial charge < -0.3 is 24.8 Å². The molecule has 1 saturated heterocycles. The van der Waals surface area contributed by atoms with E-state index in [1.807, 2.05) is 11.8 Å². The van der Waals surface area contributed by atoms with Gasteiger partial charge in [0.2, 0.25) is 11.7 Å². The van der Waals surface area contributed by atoms with Crippen molar-refractivity contribution in [3.63, 3.8) is 0 Å². The highest BCUT2D eigenvalue weighted by molar-refractivity contribution is 6.33. The Morgan fingerprint density at radius 1 is 1.08 bits per heavy atom. The minimum atomic E-state index is -4.60. The van der Waals surface area contributed by atoms with E-state index in [0.717, 1.165) is 55.9 Å². The van der Waals surface area contributed by atoms with Crippen LogP contribution in [0.1, 0.15) is 72.3 Å². The number of anilines is 2. The molecule has 264 valence electrons. The van der Waals surface area contributed by atoms with Crippen molar-refractivity contribution in [3.8, 4) is 5.75 Å². The van der Waals surface area contributed by atoms with Gasteiger partial charge in [0.05, 0.1) is 27.7 Å². The highest BCUT2D eigenvalue weighted by atomic mass is 35.5. The number of alkyl halides is 3. The van der Waals surface area contributed by atoms with Gasteiger partial charge in [-0.3, -0.25) is 14.4 Å². The molecule has 0 unspecified atom stereocenters. The molecule has 2 N–H and O–H groups in total. The van der Waals surface area contributed by atoms with Crippen molar-refractivity contribution in [2.24, 2.45) is 0 Å². The lowest BCUT2D eigenvalue weighted by molar-refractivity contribution is -0.137. The minimum absolute atomic E-state index is 0.00326. The summed E-state index contributed by atoms with van der Waals surface area (Å²) in [7, 11) is 0. The van der Waals surface area contributed by atoms with Gasteiger partial charge in [0.1, 0.15) is 18.6 Å². The number of carbonyl (C=O) groups excluding carboxylic acids is 2. The van der Waals surface area contributed by atoms with E-state index >= 15 is 0 Å². The average Bonchev–Trinajstić information content (AvgIpc) is 3.36. The third-order valence-corrected chi connectivity index (χ3v) is 9.26. The van der Waals surface area contributed by atoms with E-state index in [1.165, 1.54) is 15.7 Å². The van der Waals surface area contributed by atoms with Crippen LogP contribution in [0.5, 0.6) is 5.75 Å². The van der Waals surface area contributed by atoms with Gasteiger partial charge in [-0.1, -0.05) is 31.0 Å². The molecule has 1 aliphatic heterocycles. The van der Waals surface area contributed by atoms with E-state index in [-0.39, 0.29) is 66.3 Å². The summed E-state index contributed by atoms with van der Waals surface area (Å²) in [5.74, 6) is -0.826. The molecule has 1 fully saturated rings. The van der Waals surface area contributed by atoms with Gasteiger partial charge >= 0.3 is 6.18 Å². The quantitative estimate of drug-likeness (QED) is 0.273. The number of nitrogens with zero attached hydrogens (tertiary/aromatic N) is 8. The fourth-order valence-electron chi connectivity index (χ4n) is 6.32. The third-order valence-electron chi connectivity index (χ3n) is 8.95. The molecule has 0 bridgehead atoms. The van der Waals surface area contributed by atoms with Gasteiger partial charge in [-0.2, -0.15) is 22.7 Å². The second kappa shape index (κ2) is 14.1. The molecule has 4 heterocycles. The molecular weight excluding hydrogens is 679 g/mol. The Kier molecular flexibility index (Phi) is 9.82. The molecule has 2 amide bonds. The van der Waals surface area contributed by atoms with Gasteiger partial charge in [0, 0.05) is 26.2 Å². The number of piperazine rings is 1. The summed E-state index contributed by atoms with van der Waals surface area (Å²) < 4.78 is 42.4. The molecule has 0 saturated carbocycles. The smallest absolute Gasteiger partial charge is 0.416 e. The highest BCUT2D eigenvalue weighted by Gasteiger charge is 2.32. The SMILES string of the molecule is CCc1c(N2CCN(C(=O)c3ncnc(C)c3O)CC2)c(=O)n2nc(C3=CCCCCC3)nc2n1CC(=O)Nc1ccc(C(F)(F)F)cc1Cl. The summed E-state index contributed by atoms with van der Waals surface area (Å²) in [4.78, 5) is 56.9. The zero-order chi connectivity index (χ0) is 35.7. The third kappa shape index (κ3) is 6.88. The van der Waals surface area contributed by atoms with Gasteiger partial charge in [-0.05, 0) is 62.8 Å². The number of hydrogen-bond acceptors (Lipinski definition) is 9. The number of fused-ring (bicyclic) bond motifs is 1. The molecule has 50 heavy (non-hydrogen) atoms. The van der Waals surface area contributed by atoms with E-state index in [1.54, 1.807) is 11.5 Å². The van der Waals surface area contributed by atoms with Gasteiger partial charge in [-0.15, -0.1) is 5.10 Å². The predicted molar refractivity (Wildman–Crippen MR) is 179 cm³/mol. The van der Waals surface area contributed by atoms with E-state index < -0.39 is 29.1 Å². The van der Waals surface area contributed by atoms with Crippen LogP contribution in [0.4, 0.5) is 24.5 Å². The lowest BCUT2D eigenvalue weighted by Crippen LogP contribution is -2.51. The Bertz CT molecular complexity index is 2050. The number of allylic oxidation sites excluding steroid dienone is 2. The van der Waals surface area contributed by atoms with Crippen molar-refractivity contribution in [2.75, 3.05) is 36.4 Å². The maximum Gasteiger partial charge on any atom is 0.416 e. The van der Waals surface area contributed by atoms with E-state index in [4.69, 9.17) is 16.6 Å². The van der Waals surface area contributed by atoms with Crippen LogP contribution in [0.2, 0.25) is 5.02 Å². The maximum absolute atomic E-state index is 14.2. The number of benzene rings is 1. The number of carbonyl (C=O) groups is 2. The lowest BCUT2D eigenvalue weighted by Gasteiger charge is -2.36. The standard InChI is InChI=1S/C33H35ClF3N9O4/c1-3-24-27(43-12-14-44(15-13-43)30(49)26-28(48)19(2)38-18-39-26)31(50)46-32(41-29(42-46)20-8-6-4-5-7-9-20)45(24)17-25(47)40-23-11-10-21(16-22(23)34)33(35,36)37/h8,10-11,16,18,48H,3-7,9,12-15,17H2,1-2H3,(H,40,47). The van der Waals surface area contributed by atoms with Crippen LogP contribution >= 0.6 is 11.6 Å². The van der Waals surface area contributed by atoms with Crippen molar-refractivity contribution < 1.29 is 27.9 Å². The largest absolute Gasteiger partial charge is 0.504 e. The molecule has 2 aliphatic rings. The Labute approximate surface area is 289 Å². The minimum Gasteiger partial charge on any atom is -0.504 e. The molecule has 6 rings (SSSR count). The van der Waals surface area contributed by atoms with Crippen LogP contribution in [0.25, 0.3) is 11.4 Å². The first-order valence-electron chi connectivity index (χ1n) is 16.3. The van der Waals surface area contributed by atoms with Gasteiger partial charge in [-0.25, -0.2) is 9.97 Å². The van der Waals surface area contributed by atoms with Crippen molar-refractivity contribution in [3.05, 3.63) is 74.4 Å². The average molecular weight is 714 g/mol. The second-order valence-electron chi connectivity index (χ2n) is 12.2. The summed E-state index contributed by atoms with van der Waals surface area (Å²) in [5.41, 5.74) is 0.481. The van der Waals surface area contributed by atoms with Crippen LogP contribution < -0.4 is 15.8 Å². The molecule has 17 heteroatoms. The van der Waals surface area contributed by atoms with Crippen LogP contribution in [0, 0.1) is 6.92 Å². The first-order chi connectivity index (χ1) is 23.9. The van der Waals surface area contributed by atoms with Crippen molar-refractivity contribution >= 4 is 46.1 Å². The molecule has 1 aliphatic carbocycles. The number of hydrogen-bond donors (Lipinski definition) is 2. The van der Waals surface area contributed by atoms with E-state index in [0.29, 0.717) is 23.6 Å². The number of rotatable bonds is 7. The first kappa shape index (κ1) is 34.9. The second-order valence-corrected chi connectivity index (χ2v) is 12.6. The fourth-order valence-corrected chi connectivity index (χ4v) is 6.54. The van der Waals surface area contributed by atoms with Crippen LogP contribution in [0.3, 0.4) is 0 Å². The summed E-state index contributed by atoms with van der Waals surface area (Å²) in [6.07, 6.45) is 3.63. The number of nitrogens with one attached hydrogen (secondary N) is 1. The van der Waals surface area contributed by atoms with Crippen molar-refractivity contribution in [1.29, 1.82) is 0 Å². The number of amides is 2. The molecule has 0 spiro atoms. The molecule has 4 aromatic rings. The number of halogens is 4. The zero-order valence-corrected chi connectivity index (χ0v) is 28.2. The van der Waals surface area contributed by atoms with Crippen LogP contribution in [-0.4, -0.2) is 77.1 Å². The number of aryl methyl sites for hydroxylation is 1. The fraction of sp³-hybridized carbons (Fsp3) is 0.424. The Morgan fingerprint density at radius 3 is 2.54 bits per heavy atom. The molecular formula is C33H35ClF3N9O4. The van der Waals surface area contributed by atoms with Gasteiger partial charge in [0.25, 0.3) is 11.5 Å². The van der Waals surface area contributed by atoms with Crippen LogP contribution in [-0.2, 0) is 23.9 Å². The molecule has 13 nitrogen and oxygen atoms in total. The summed E-state index contributed by atoms with van der Waals surface area (Å²) >= 11 is 6.12. The monoisotopic (exact) mass is 713 g/mol. The van der Waals surface area contributed by atoms with Gasteiger partial charge in [0.15, 0.2) is 17.3 Å². The summed E-state index contributed by atoms with van der Waals surface area (Å²) in [5, 5.41) is 17.3. The normalized spacial score (nSPS) is 15.6. The maximum atomic E-state index is 14.2. The highest BCUT2D eigenvalue weighted by Crippen LogP contribution is 2.34. The lowest BCUT2D eigenvalue weighted by atomic mass is 10.1. The van der Waals surface area contributed by atoms with Crippen molar-refractivity contribution in [1.82, 2.24) is 34.0 Å². The number of aromatic hydroxyl groups is 1. The van der Waals surface area contributed by atoms with E-state index in [9.17, 15) is 32.7 Å². The van der Waals surface area contributed by atoms with E-state index in [2.05, 4.69) is 26.5 Å². The predicted octanol–water partition coefficient (Wildman–Crippen LogP) is 4.88. The molecule has 0 atom stereocenters. The van der Waals surface area contributed by atoms with Crippen molar-refractivity contribution in [2.45, 2.75) is 65.1 Å². The Balaban J connectivity index is 1.35. The topological polar surface area (TPSA) is 151 Å². The molecule has 3 aromatic heterocycles. The zero-order valence-electron chi connectivity index (χ0n) is 27.4. The summed E-state index contributed by atoms with van der Waals surface area (Å²) in [6.45, 7) is 3.99. The number of aromatic nitrogens is 6.